The number of hydrogen-bond donors (Lipinski definition) is 2. The largest absolute Gasteiger partial charge is 0.368 e. The highest BCUT2D eigenvalue weighted by molar-refractivity contribution is 5.41. The number of hydrogen-bond acceptors (Lipinski definition) is 5. The van der Waals surface area contributed by atoms with Crippen molar-refractivity contribution in [2.45, 2.75) is 32.9 Å². The zero-order valence-corrected chi connectivity index (χ0v) is 10.8. The maximum atomic E-state index is 5.63. The normalized spacial score (nSPS) is 14.2. The fourth-order valence-corrected chi connectivity index (χ4v) is 1.77. The quantitative estimate of drug-likeness (QED) is 0.856. The number of aryl methyl sites for hydroxylation is 1. The van der Waals surface area contributed by atoms with Crippen LogP contribution in [-0.4, -0.2) is 25.8 Å². The summed E-state index contributed by atoms with van der Waals surface area (Å²) in [6.45, 7) is 6.08. The number of rotatable bonds is 4. The van der Waals surface area contributed by atoms with Gasteiger partial charge in [0, 0.05) is 30.2 Å². The Morgan fingerprint density at radius 1 is 1.33 bits per heavy atom. The summed E-state index contributed by atoms with van der Waals surface area (Å²) < 4.78 is 1.91. The van der Waals surface area contributed by atoms with Gasteiger partial charge in [-0.2, -0.15) is 10.1 Å². The van der Waals surface area contributed by atoms with Gasteiger partial charge in [0.05, 0.1) is 6.04 Å². The highest BCUT2D eigenvalue weighted by Crippen LogP contribution is 2.15. The smallest absolute Gasteiger partial charge is 0.222 e. The van der Waals surface area contributed by atoms with Crippen molar-refractivity contribution >= 4 is 11.8 Å². The van der Waals surface area contributed by atoms with Crippen molar-refractivity contribution in [2.24, 2.45) is 0 Å². The van der Waals surface area contributed by atoms with Crippen LogP contribution in [0.2, 0.25) is 0 Å². The molecule has 0 aromatic carbocycles. The van der Waals surface area contributed by atoms with Crippen molar-refractivity contribution in [2.75, 3.05) is 11.1 Å². The summed E-state index contributed by atoms with van der Waals surface area (Å²) >= 11 is 0. The summed E-state index contributed by atoms with van der Waals surface area (Å²) in [5.41, 5.74) is 6.48. The summed E-state index contributed by atoms with van der Waals surface area (Å²) in [6.07, 6.45) is 3.72. The molecule has 18 heavy (non-hydrogen) atoms. The minimum atomic E-state index is 0.179. The molecular formula is C12H18N6. The average Bonchev–Trinajstić information content (AvgIpc) is 2.79. The van der Waals surface area contributed by atoms with Crippen LogP contribution in [0, 0.1) is 6.92 Å². The molecule has 2 aromatic heterocycles. The van der Waals surface area contributed by atoms with Crippen molar-refractivity contribution in [3.05, 3.63) is 30.2 Å². The third-order valence-corrected chi connectivity index (χ3v) is 2.91. The SMILES string of the molecule is Cc1cc(N[C@H](C)[C@@H](C)n2cccn2)nc(N)n1. The van der Waals surface area contributed by atoms with Gasteiger partial charge in [0.15, 0.2) is 0 Å². The Bertz CT molecular complexity index is 487. The molecule has 0 amide bonds. The van der Waals surface area contributed by atoms with Crippen LogP contribution in [0.3, 0.4) is 0 Å². The molecular weight excluding hydrogens is 228 g/mol. The van der Waals surface area contributed by atoms with E-state index in [0.29, 0.717) is 0 Å². The Kier molecular flexibility index (Phi) is 3.45. The first kappa shape index (κ1) is 12.3. The van der Waals surface area contributed by atoms with E-state index in [1.807, 2.05) is 29.9 Å². The topological polar surface area (TPSA) is 81.7 Å². The molecule has 0 bridgehead atoms. The predicted molar refractivity (Wildman–Crippen MR) is 71.2 cm³/mol. The highest BCUT2D eigenvalue weighted by Gasteiger charge is 2.14. The van der Waals surface area contributed by atoms with E-state index in [1.54, 1.807) is 6.20 Å². The standard InChI is InChI=1S/C12H18N6/c1-8-7-11(17-12(13)15-8)16-9(2)10(3)18-6-4-5-14-18/h4-7,9-10H,1-3H3,(H3,13,15,16,17)/t9-,10-/m1/s1. The molecule has 0 saturated carbocycles. The van der Waals surface area contributed by atoms with Gasteiger partial charge < -0.3 is 11.1 Å². The molecule has 2 rings (SSSR count). The van der Waals surface area contributed by atoms with Gasteiger partial charge in [0.2, 0.25) is 5.95 Å². The van der Waals surface area contributed by atoms with Crippen LogP contribution in [0.5, 0.6) is 0 Å². The van der Waals surface area contributed by atoms with E-state index in [4.69, 9.17) is 5.73 Å². The van der Waals surface area contributed by atoms with Crippen molar-refractivity contribution in [1.82, 2.24) is 19.7 Å². The fourth-order valence-electron chi connectivity index (χ4n) is 1.77. The molecule has 2 aromatic rings. The third-order valence-electron chi connectivity index (χ3n) is 2.91. The van der Waals surface area contributed by atoms with Crippen LogP contribution >= 0.6 is 0 Å². The molecule has 2 atom stereocenters. The molecule has 0 fully saturated rings. The van der Waals surface area contributed by atoms with Crippen LogP contribution in [0.15, 0.2) is 24.5 Å². The molecule has 0 aliphatic carbocycles. The van der Waals surface area contributed by atoms with Crippen LogP contribution in [0.1, 0.15) is 25.6 Å². The van der Waals surface area contributed by atoms with Gasteiger partial charge in [0.25, 0.3) is 0 Å². The average molecular weight is 246 g/mol. The Morgan fingerprint density at radius 2 is 2.11 bits per heavy atom. The third kappa shape index (κ3) is 2.77. The molecule has 96 valence electrons. The predicted octanol–water partition coefficient (Wildman–Crippen LogP) is 1.63. The van der Waals surface area contributed by atoms with E-state index in [2.05, 4.69) is 34.2 Å². The molecule has 3 N–H and O–H groups in total. The first-order valence-corrected chi connectivity index (χ1v) is 5.93. The summed E-state index contributed by atoms with van der Waals surface area (Å²) in [4.78, 5) is 8.21. The Labute approximate surface area is 106 Å². The van der Waals surface area contributed by atoms with Crippen LogP contribution in [0.4, 0.5) is 11.8 Å². The molecule has 0 unspecified atom stereocenters. The van der Waals surface area contributed by atoms with Gasteiger partial charge in [-0.05, 0) is 26.8 Å². The lowest BCUT2D eigenvalue weighted by molar-refractivity contribution is 0.443. The zero-order valence-electron chi connectivity index (χ0n) is 10.8. The number of nitrogen functional groups attached to an aromatic ring is 1. The summed E-state index contributed by atoms with van der Waals surface area (Å²) in [6, 6.07) is 4.19. The second-order valence-electron chi connectivity index (χ2n) is 4.41. The van der Waals surface area contributed by atoms with Crippen LogP contribution in [0.25, 0.3) is 0 Å². The molecule has 0 spiro atoms. The Morgan fingerprint density at radius 3 is 2.72 bits per heavy atom. The Hall–Kier alpha value is -2.11. The maximum Gasteiger partial charge on any atom is 0.222 e. The van der Waals surface area contributed by atoms with Crippen molar-refractivity contribution in [1.29, 1.82) is 0 Å². The zero-order chi connectivity index (χ0) is 13.1. The minimum Gasteiger partial charge on any atom is -0.368 e. The molecule has 0 saturated heterocycles. The van der Waals surface area contributed by atoms with Gasteiger partial charge in [-0.1, -0.05) is 0 Å². The lowest BCUT2D eigenvalue weighted by Crippen LogP contribution is -2.27. The fraction of sp³-hybridized carbons (Fsp3) is 0.417. The summed E-state index contributed by atoms with van der Waals surface area (Å²) in [5.74, 6) is 1.03. The molecule has 0 aliphatic rings. The van der Waals surface area contributed by atoms with E-state index in [9.17, 15) is 0 Å². The number of nitrogens with one attached hydrogen (secondary N) is 1. The number of anilines is 2. The number of nitrogens with two attached hydrogens (primary N) is 1. The monoisotopic (exact) mass is 246 g/mol. The first-order chi connectivity index (χ1) is 8.56. The van der Waals surface area contributed by atoms with Crippen LogP contribution < -0.4 is 11.1 Å². The first-order valence-electron chi connectivity index (χ1n) is 5.93. The van der Waals surface area contributed by atoms with E-state index in [1.165, 1.54) is 0 Å². The highest BCUT2D eigenvalue weighted by atomic mass is 15.3. The van der Waals surface area contributed by atoms with E-state index in [-0.39, 0.29) is 18.0 Å². The van der Waals surface area contributed by atoms with Crippen molar-refractivity contribution in [3.63, 3.8) is 0 Å². The molecule has 2 heterocycles. The van der Waals surface area contributed by atoms with Crippen LogP contribution in [-0.2, 0) is 0 Å². The van der Waals surface area contributed by atoms with Gasteiger partial charge >= 0.3 is 0 Å². The second kappa shape index (κ2) is 5.03. The molecule has 6 heteroatoms. The van der Waals surface area contributed by atoms with Gasteiger partial charge in [-0.3, -0.25) is 4.68 Å². The minimum absolute atomic E-state index is 0.179. The van der Waals surface area contributed by atoms with Gasteiger partial charge in [-0.25, -0.2) is 4.98 Å². The summed E-state index contributed by atoms with van der Waals surface area (Å²) in [7, 11) is 0. The van der Waals surface area contributed by atoms with E-state index >= 15 is 0 Å². The lowest BCUT2D eigenvalue weighted by atomic mass is 10.2. The number of nitrogens with zero attached hydrogens (tertiary/aromatic N) is 4. The Balaban J connectivity index is 2.09. The molecule has 6 nitrogen and oxygen atoms in total. The van der Waals surface area contributed by atoms with Gasteiger partial charge in [-0.15, -0.1) is 0 Å². The second-order valence-corrected chi connectivity index (χ2v) is 4.41. The summed E-state index contributed by atoms with van der Waals surface area (Å²) in [5, 5.41) is 7.55. The van der Waals surface area contributed by atoms with Gasteiger partial charge in [0.1, 0.15) is 5.82 Å². The maximum absolute atomic E-state index is 5.63. The lowest BCUT2D eigenvalue weighted by Gasteiger charge is -2.22. The van der Waals surface area contributed by atoms with Crippen molar-refractivity contribution < 1.29 is 0 Å². The molecule has 0 radical (unpaired) electrons. The molecule has 0 aliphatic heterocycles. The van der Waals surface area contributed by atoms with E-state index < -0.39 is 0 Å². The van der Waals surface area contributed by atoms with E-state index in [0.717, 1.165) is 11.5 Å². The van der Waals surface area contributed by atoms with Crippen molar-refractivity contribution in [3.8, 4) is 0 Å². The number of aromatic nitrogens is 4.